The molecule has 0 N–H and O–H groups in total. The van der Waals surface area contributed by atoms with E-state index in [0.29, 0.717) is 24.6 Å². The van der Waals surface area contributed by atoms with Crippen LogP contribution in [0.2, 0.25) is 0 Å². The van der Waals surface area contributed by atoms with Gasteiger partial charge in [0.1, 0.15) is 18.0 Å². The maximum absolute atomic E-state index is 12.6. The second kappa shape index (κ2) is 6.17. The van der Waals surface area contributed by atoms with Crippen molar-refractivity contribution in [1.82, 2.24) is 0 Å². The summed E-state index contributed by atoms with van der Waals surface area (Å²) in [4.78, 5) is 14.2. The van der Waals surface area contributed by atoms with Gasteiger partial charge in [-0.05, 0) is 54.5 Å². The Bertz CT molecular complexity index is 694. The first kappa shape index (κ1) is 19.0. The van der Waals surface area contributed by atoms with E-state index >= 15 is 0 Å². The van der Waals surface area contributed by atoms with E-state index in [0.717, 1.165) is 5.46 Å². The lowest BCUT2D eigenvalue weighted by Gasteiger charge is -2.32. The highest BCUT2D eigenvalue weighted by Gasteiger charge is 2.53. The monoisotopic (exact) mass is 361 g/mol. The Morgan fingerprint density at radius 1 is 1.15 bits per heavy atom. The zero-order valence-electron chi connectivity index (χ0n) is 16.7. The Labute approximate surface area is 155 Å². The van der Waals surface area contributed by atoms with Gasteiger partial charge in [0.25, 0.3) is 0 Å². The van der Waals surface area contributed by atoms with Crippen molar-refractivity contribution in [2.24, 2.45) is 0 Å². The topological polar surface area (TPSA) is 57.2 Å². The van der Waals surface area contributed by atoms with Crippen molar-refractivity contribution in [2.45, 2.75) is 65.3 Å². The molecule has 0 aromatic heterocycles. The number of carbonyl (C=O) groups is 1. The Morgan fingerprint density at radius 3 is 2.35 bits per heavy atom. The van der Waals surface area contributed by atoms with Crippen molar-refractivity contribution in [2.75, 3.05) is 18.1 Å². The van der Waals surface area contributed by atoms with Crippen molar-refractivity contribution < 1.29 is 23.6 Å². The molecule has 0 atom stereocenters. The minimum atomic E-state index is -0.557. The zero-order chi connectivity index (χ0) is 19.3. The van der Waals surface area contributed by atoms with E-state index in [-0.39, 0.29) is 6.09 Å². The Hall–Kier alpha value is -1.73. The molecule has 7 heteroatoms. The number of hydrogen-bond donors (Lipinski definition) is 0. The van der Waals surface area contributed by atoms with Crippen molar-refractivity contribution >= 4 is 24.4 Å². The van der Waals surface area contributed by atoms with Gasteiger partial charge in [-0.15, -0.1) is 0 Å². The molecule has 0 radical (unpaired) electrons. The standard InChI is InChI=1S/C19H28BNO5/c1-17(2,3)24-16(22)21-11-12-23-15-13(9-8-10-14(15)21)20-25-18(4,5)19(6,7)26-20/h8-10H,11-12H2,1-7H3. The third-order valence-corrected chi connectivity index (χ3v) is 5.00. The molecule has 1 fully saturated rings. The first-order chi connectivity index (χ1) is 11.9. The van der Waals surface area contributed by atoms with Crippen LogP contribution in [0.5, 0.6) is 5.75 Å². The second-order valence-corrected chi connectivity index (χ2v) is 8.76. The molecule has 0 saturated carbocycles. The molecule has 6 nitrogen and oxygen atoms in total. The molecule has 0 aliphatic carbocycles. The van der Waals surface area contributed by atoms with Crippen LogP contribution in [-0.2, 0) is 14.0 Å². The number of para-hydroxylation sites is 1. The molecule has 0 unspecified atom stereocenters. The van der Waals surface area contributed by atoms with Gasteiger partial charge in [0.05, 0.1) is 23.4 Å². The summed E-state index contributed by atoms with van der Waals surface area (Å²) in [7, 11) is -0.548. The summed E-state index contributed by atoms with van der Waals surface area (Å²) in [6.07, 6.45) is -0.381. The van der Waals surface area contributed by atoms with Crippen LogP contribution in [0, 0.1) is 0 Å². The van der Waals surface area contributed by atoms with Crippen molar-refractivity contribution in [1.29, 1.82) is 0 Å². The largest absolute Gasteiger partial charge is 0.498 e. The summed E-state index contributed by atoms with van der Waals surface area (Å²) in [6, 6.07) is 5.65. The van der Waals surface area contributed by atoms with E-state index in [9.17, 15) is 4.79 Å². The third kappa shape index (κ3) is 3.42. The fraction of sp³-hybridized carbons (Fsp3) is 0.632. The van der Waals surface area contributed by atoms with Crippen LogP contribution in [0.4, 0.5) is 10.5 Å². The van der Waals surface area contributed by atoms with Gasteiger partial charge in [0, 0.05) is 5.46 Å². The summed E-state index contributed by atoms with van der Waals surface area (Å²) < 4.78 is 23.8. The zero-order valence-corrected chi connectivity index (χ0v) is 16.7. The maximum atomic E-state index is 12.6. The maximum Gasteiger partial charge on any atom is 0.498 e. The third-order valence-electron chi connectivity index (χ3n) is 5.00. The fourth-order valence-corrected chi connectivity index (χ4v) is 2.93. The van der Waals surface area contributed by atoms with E-state index in [1.54, 1.807) is 4.90 Å². The summed E-state index contributed by atoms with van der Waals surface area (Å²) >= 11 is 0. The molecule has 1 amide bonds. The molecule has 1 saturated heterocycles. The normalized spacial score (nSPS) is 21.2. The van der Waals surface area contributed by atoms with Gasteiger partial charge in [-0.3, -0.25) is 4.90 Å². The molecule has 26 heavy (non-hydrogen) atoms. The van der Waals surface area contributed by atoms with Crippen LogP contribution >= 0.6 is 0 Å². The van der Waals surface area contributed by atoms with Crippen LogP contribution in [0.15, 0.2) is 18.2 Å². The number of ether oxygens (including phenoxy) is 2. The van der Waals surface area contributed by atoms with Crippen LogP contribution in [-0.4, -0.2) is 43.2 Å². The number of nitrogens with zero attached hydrogens (tertiary/aromatic N) is 1. The van der Waals surface area contributed by atoms with Crippen molar-refractivity contribution in [3.05, 3.63) is 18.2 Å². The predicted molar refractivity (Wildman–Crippen MR) is 101 cm³/mol. The lowest BCUT2D eigenvalue weighted by atomic mass is 9.77. The first-order valence-electron chi connectivity index (χ1n) is 9.03. The second-order valence-electron chi connectivity index (χ2n) is 8.76. The number of anilines is 1. The van der Waals surface area contributed by atoms with E-state index < -0.39 is 23.9 Å². The van der Waals surface area contributed by atoms with Gasteiger partial charge in [-0.1, -0.05) is 12.1 Å². The van der Waals surface area contributed by atoms with E-state index in [1.165, 1.54) is 0 Å². The molecular formula is C19H28BNO5. The lowest BCUT2D eigenvalue weighted by molar-refractivity contribution is 0.00578. The van der Waals surface area contributed by atoms with Gasteiger partial charge >= 0.3 is 13.2 Å². The molecular weight excluding hydrogens is 333 g/mol. The molecule has 142 valence electrons. The molecule has 2 aliphatic heterocycles. The van der Waals surface area contributed by atoms with E-state index in [1.807, 2.05) is 66.7 Å². The van der Waals surface area contributed by atoms with Crippen LogP contribution < -0.4 is 15.1 Å². The van der Waals surface area contributed by atoms with E-state index in [4.69, 9.17) is 18.8 Å². The number of amides is 1. The Morgan fingerprint density at radius 2 is 1.77 bits per heavy atom. The Kier molecular flexibility index (Phi) is 4.52. The predicted octanol–water partition coefficient (Wildman–Crippen LogP) is 3.12. The fourth-order valence-electron chi connectivity index (χ4n) is 2.93. The lowest BCUT2D eigenvalue weighted by Crippen LogP contribution is -2.44. The summed E-state index contributed by atoms with van der Waals surface area (Å²) in [5.74, 6) is 0.614. The van der Waals surface area contributed by atoms with Crippen molar-refractivity contribution in [3.63, 3.8) is 0 Å². The average molecular weight is 361 g/mol. The summed E-state index contributed by atoms with van der Waals surface area (Å²) in [5, 5.41) is 0. The molecule has 1 aromatic rings. The van der Waals surface area contributed by atoms with E-state index in [2.05, 4.69) is 0 Å². The van der Waals surface area contributed by atoms with Crippen LogP contribution in [0.1, 0.15) is 48.5 Å². The van der Waals surface area contributed by atoms with Gasteiger partial charge in [-0.2, -0.15) is 0 Å². The molecule has 1 aromatic carbocycles. The molecule has 3 rings (SSSR count). The SMILES string of the molecule is CC(C)(C)OC(=O)N1CCOc2c(B3OC(C)(C)C(C)(C)O3)cccc21. The minimum Gasteiger partial charge on any atom is -0.490 e. The van der Waals surface area contributed by atoms with Crippen LogP contribution in [0.3, 0.4) is 0 Å². The smallest absolute Gasteiger partial charge is 0.490 e. The number of benzene rings is 1. The summed E-state index contributed by atoms with van der Waals surface area (Å²) in [6.45, 7) is 14.4. The average Bonchev–Trinajstić information content (AvgIpc) is 2.72. The van der Waals surface area contributed by atoms with Gasteiger partial charge < -0.3 is 18.8 Å². The molecule has 2 heterocycles. The minimum absolute atomic E-state index is 0.381. The highest BCUT2D eigenvalue weighted by atomic mass is 16.7. The highest BCUT2D eigenvalue weighted by molar-refractivity contribution is 6.63. The van der Waals surface area contributed by atoms with Gasteiger partial charge in [0.15, 0.2) is 0 Å². The van der Waals surface area contributed by atoms with Crippen LogP contribution in [0.25, 0.3) is 0 Å². The molecule has 0 spiro atoms. The molecule has 2 aliphatic rings. The number of fused-ring (bicyclic) bond motifs is 1. The quantitative estimate of drug-likeness (QED) is 0.720. The first-order valence-corrected chi connectivity index (χ1v) is 9.03. The summed E-state index contributed by atoms with van der Waals surface area (Å²) in [5.41, 5.74) is 0.0192. The number of carbonyl (C=O) groups excluding carboxylic acids is 1. The number of rotatable bonds is 1. The highest BCUT2D eigenvalue weighted by Crippen LogP contribution is 2.39. The van der Waals surface area contributed by atoms with Crippen molar-refractivity contribution in [3.8, 4) is 5.75 Å². The van der Waals surface area contributed by atoms with Gasteiger partial charge in [-0.25, -0.2) is 4.79 Å². The number of hydrogen-bond acceptors (Lipinski definition) is 5. The Balaban J connectivity index is 1.93. The van der Waals surface area contributed by atoms with Gasteiger partial charge in [0.2, 0.25) is 0 Å². The molecule has 0 bridgehead atoms.